The lowest BCUT2D eigenvalue weighted by molar-refractivity contribution is -0.0166. The van der Waals surface area contributed by atoms with Crippen LogP contribution in [-0.4, -0.2) is 36.2 Å². The minimum atomic E-state index is -0.113. The van der Waals surface area contributed by atoms with Gasteiger partial charge < -0.3 is 9.64 Å². The van der Waals surface area contributed by atoms with E-state index in [2.05, 4.69) is 29.2 Å². The first-order valence-corrected chi connectivity index (χ1v) is 6.09. The molecule has 1 heterocycles. The molecule has 0 aliphatic carbocycles. The summed E-state index contributed by atoms with van der Waals surface area (Å²) < 4.78 is 5.49. The van der Waals surface area contributed by atoms with Crippen LogP contribution in [0.4, 0.5) is 5.69 Å². The summed E-state index contributed by atoms with van der Waals surface area (Å²) in [5, 5.41) is 0. The molecule has 0 unspecified atom stereocenters. The Kier molecular flexibility index (Phi) is 3.84. The quantitative estimate of drug-likeness (QED) is 0.340. The van der Waals surface area contributed by atoms with Crippen molar-refractivity contribution in [1.82, 2.24) is 10.3 Å². The lowest BCUT2D eigenvalue weighted by atomic mass is 10.0. The SMILES string of the molecule is CC1(C)COCCN1C(=Nc1ccccc1)NN. The van der Waals surface area contributed by atoms with E-state index in [-0.39, 0.29) is 5.54 Å². The van der Waals surface area contributed by atoms with E-state index in [4.69, 9.17) is 10.6 Å². The van der Waals surface area contributed by atoms with E-state index in [1.165, 1.54) is 0 Å². The molecule has 0 bridgehead atoms. The summed E-state index contributed by atoms with van der Waals surface area (Å²) >= 11 is 0. The molecule has 0 spiro atoms. The van der Waals surface area contributed by atoms with Gasteiger partial charge in [-0.25, -0.2) is 10.8 Å². The average molecular weight is 248 g/mol. The highest BCUT2D eigenvalue weighted by Gasteiger charge is 2.32. The Balaban J connectivity index is 2.25. The Morgan fingerprint density at radius 2 is 2.11 bits per heavy atom. The van der Waals surface area contributed by atoms with Gasteiger partial charge >= 0.3 is 0 Å². The van der Waals surface area contributed by atoms with Gasteiger partial charge in [-0.1, -0.05) is 18.2 Å². The zero-order valence-electron chi connectivity index (χ0n) is 10.9. The van der Waals surface area contributed by atoms with E-state index >= 15 is 0 Å². The highest BCUT2D eigenvalue weighted by Crippen LogP contribution is 2.20. The van der Waals surface area contributed by atoms with Crippen LogP contribution in [0.15, 0.2) is 35.3 Å². The van der Waals surface area contributed by atoms with Gasteiger partial charge in [0.05, 0.1) is 24.4 Å². The summed E-state index contributed by atoms with van der Waals surface area (Å²) in [6.07, 6.45) is 0. The van der Waals surface area contributed by atoms with Crippen LogP contribution in [0.5, 0.6) is 0 Å². The molecule has 0 atom stereocenters. The van der Waals surface area contributed by atoms with Crippen molar-refractivity contribution in [3.8, 4) is 0 Å². The summed E-state index contributed by atoms with van der Waals surface area (Å²) in [5.41, 5.74) is 3.47. The minimum Gasteiger partial charge on any atom is -0.377 e. The van der Waals surface area contributed by atoms with E-state index in [0.29, 0.717) is 19.2 Å². The molecule has 1 fully saturated rings. The fourth-order valence-corrected chi connectivity index (χ4v) is 2.05. The Labute approximate surface area is 108 Å². The molecule has 3 N–H and O–H groups in total. The highest BCUT2D eigenvalue weighted by atomic mass is 16.5. The number of hydrogen-bond donors (Lipinski definition) is 2. The lowest BCUT2D eigenvalue weighted by Crippen LogP contribution is -2.60. The summed E-state index contributed by atoms with van der Waals surface area (Å²) in [6, 6.07) is 9.78. The normalized spacial score (nSPS) is 19.7. The zero-order valence-corrected chi connectivity index (χ0v) is 10.9. The highest BCUT2D eigenvalue weighted by molar-refractivity contribution is 5.83. The number of nitrogens with one attached hydrogen (secondary N) is 1. The number of benzene rings is 1. The maximum absolute atomic E-state index is 5.61. The maximum atomic E-state index is 5.61. The lowest BCUT2D eigenvalue weighted by Gasteiger charge is -2.43. The number of ether oxygens (including phenoxy) is 1. The number of guanidine groups is 1. The van der Waals surface area contributed by atoms with Gasteiger partial charge in [0.1, 0.15) is 0 Å². The Bertz CT molecular complexity index is 416. The molecule has 0 saturated carbocycles. The van der Waals surface area contributed by atoms with E-state index in [1.54, 1.807) is 0 Å². The van der Waals surface area contributed by atoms with E-state index in [9.17, 15) is 0 Å². The van der Waals surface area contributed by atoms with Gasteiger partial charge in [0.15, 0.2) is 0 Å². The number of nitrogens with two attached hydrogens (primary N) is 1. The molecule has 1 aromatic carbocycles. The molecule has 18 heavy (non-hydrogen) atoms. The number of rotatable bonds is 1. The second-order valence-electron chi connectivity index (χ2n) is 4.93. The summed E-state index contributed by atoms with van der Waals surface area (Å²) in [7, 11) is 0. The third-order valence-electron chi connectivity index (χ3n) is 3.02. The molecule has 1 aliphatic rings. The van der Waals surface area contributed by atoms with Crippen LogP contribution in [0.1, 0.15) is 13.8 Å². The Hall–Kier alpha value is -1.59. The molecule has 1 saturated heterocycles. The molecule has 2 rings (SSSR count). The Morgan fingerprint density at radius 3 is 2.72 bits per heavy atom. The first-order valence-electron chi connectivity index (χ1n) is 6.09. The van der Waals surface area contributed by atoms with Crippen molar-refractivity contribution in [2.24, 2.45) is 10.8 Å². The van der Waals surface area contributed by atoms with Crippen molar-refractivity contribution in [2.75, 3.05) is 19.8 Å². The van der Waals surface area contributed by atoms with Crippen molar-refractivity contribution in [3.05, 3.63) is 30.3 Å². The van der Waals surface area contributed by atoms with Gasteiger partial charge in [0.25, 0.3) is 0 Å². The van der Waals surface area contributed by atoms with Gasteiger partial charge in [-0.15, -0.1) is 0 Å². The van der Waals surface area contributed by atoms with Gasteiger partial charge in [-0.05, 0) is 26.0 Å². The Morgan fingerprint density at radius 1 is 1.39 bits per heavy atom. The predicted octanol–water partition coefficient (Wildman–Crippen LogP) is 1.25. The topological polar surface area (TPSA) is 62.9 Å². The largest absolute Gasteiger partial charge is 0.377 e. The number of nitrogens with zero attached hydrogens (tertiary/aromatic N) is 2. The second kappa shape index (κ2) is 5.37. The molecule has 0 radical (unpaired) electrons. The van der Waals surface area contributed by atoms with Gasteiger partial charge in [-0.2, -0.15) is 0 Å². The van der Waals surface area contributed by atoms with Crippen molar-refractivity contribution >= 4 is 11.6 Å². The molecule has 98 valence electrons. The van der Waals surface area contributed by atoms with E-state index in [0.717, 1.165) is 12.2 Å². The van der Waals surface area contributed by atoms with E-state index in [1.807, 2.05) is 30.3 Å². The van der Waals surface area contributed by atoms with Crippen molar-refractivity contribution in [1.29, 1.82) is 0 Å². The standard InChI is InChI=1S/C13H20N4O/c1-13(2)10-18-9-8-17(13)12(16-14)15-11-6-4-3-5-7-11/h3-7H,8-10,14H2,1-2H3,(H,15,16). The van der Waals surface area contributed by atoms with Crippen LogP contribution in [0, 0.1) is 0 Å². The maximum Gasteiger partial charge on any atom is 0.214 e. The molecule has 5 heteroatoms. The predicted molar refractivity (Wildman–Crippen MR) is 72.5 cm³/mol. The van der Waals surface area contributed by atoms with Crippen LogP contribution < -0.4 is 11.3 Å². The van der Waals surface area contributed by atoms with Gasteiger partial charge in [0, 0.05) is 6.54 Å². The third kappa shape index (κ3) is 2.80. The number of para-hydroxylation sites is 1. The molecule has 5 nitrogen and oxygen atoms in total. The summed E-state index contributed by atoms with van der Waals surface area (Å²) in [5.74, 6) is 6.28. The average Bonchev–Trinajstić information content (AvgIpc) is 2.37. The number of morpholine rings is 1. The van der Waals surface area contributed by atoms with Gasteiger partial charge in [-0.3, -0.25) is 5.43 Å². The van der Waals surface area contributed by atoms with Gasteiger partial charge in [0.2, 0.25) is 5.96 Å². The molecule has 1 aliphatic heterocycles. The van der Waals surface area contributed by atoms with Crippen LogP contribution in [0.2, 0.25) is 0 Å². The first kappa shape index (κ1) is 12.9. The van der Waals surface area contributed by atoms with Crippen LogP contribution in [0.3, 0.4) is 0 Å². The third-order valence-corrected chi connectivity index (χ3v) is 3.02. The fourth-order valence-electron chi connectivity index (χ4n) is 2.05. The first-order chi connectivity index (χ1) is 8.63. The van der Waals surface area contributed by atoms with Crippen molar-refractivity contribution < 1.29 is 4.74 Å². The molecule has 0 amide bonds. The number of hydrogen-bond acceptors (Lipinski definition) is 3. The summed E-state index contributed by atoms with van der Waals surface area (Å²) in [4.78, 5) is 6.69. The number of aliphatic imine (C=N–C) groups is 1. The molecule has 0 aromatic heterocycles. The molecular formula is C13H20N4O. The molecule has 1 aromatic rings. The van der Waals surface area contributed by atoms with Crippen LogP contribution >= 0.6 is 0 Å². The van der Waals surface area contributed by atoms with E-state index < -0.39 is 0 Å². The fraction of sp³-hybridized carbons (Fsp3) is 0.462. The smallest absolute Gasteiger partial charge is 0.214 e. The monoisotopic (exact) mass is 248 g/mol. The van der Waals surface area contributed by atoms with Crippen molar-refractivity contribution in [2.45, 2.75) is 19.4 Å². The summed E-state index contributed by atoms with van der Waals surface area (Å²) in [6.45, 7) is 6.37. The minimum absolute atomic E-state index is 0.113. The zero-order chi connectivity index (χ0) is 13.0. The number of hydrazine groups is 1. The van der Waals surface area contributed by atoms with Crippen molar-refractivity contribution in [3.63, 3.8) is 0 Å². The van der Waals surface area contributed by atoms with Crippen LogP contribution in [-0.2, 0) is 4.74 Å². The molecular weight excluding hydrogens is 228 g/mol. The second-order valence-corrected chi connectivity index (χ2v) is 4.93. The van der Waals surface area contributed by atoms with Crippen LogP contribution in [0.25, 0.3) is 0 Å².